The van der Waals surface area contributed by atoms with E-state index in [0.717, 1.165) is 64.0 Å². The molecule has 0 bridgehead atoms. The molecular formula is C20H33ClN2O3. The summed E-state index contributed by atoms with van der Waals surface area (Å²) in [6.07, 6.45) is 6.61. The van der Waals surface area contributed by atoms with Gasteiger partial charge in [-0.2, -0.15) is 0 Å². The van der Waals surface area contributed by atoms with Gasteiger partial charge in [0.1, 0.15) is 5.75 Å². The number of unbranched alkanes of at least 4 members (excludes halogenated alkanes) is 3. The Morgan fingerprint density at radius 2 is 1.81 bits per heavy atom. The summed E-state index contributed by atoms with van der Waals surface area (Å²) in [6.45, 7) is 2.88. The quantitative estimate of drug-likeness (QED) is 0.607. The number of ether oxygens (including phenoxy) is 2. The largest absolute Gasteiger partial charge is 0.497 e. The smallest absolute Gasteiger partial charge is 0.220 e. The number of nitrogens with one attached hydrogen (secondary N) is 1. The highest BCUT2D eigenvalue weighted by Crippen LogP contribution is 2.35. The molecule has 1 aromatic rings. The van der Waals surface area contributed by atoms with E-state index in [9.17, 15) is 4.79 Å². The van der Waals surface area contributed by atoms with Crippen LogP contribution in [0, 0.1) is 0 Å². The Morgan fingerprint density at radius 3 is 2.42 bits per heavy atom. The maximum atomic E-state index is 12.2. The summed E-state index contributed by atoms with van der Waals surface area (Å²) in [4.78, 5) is 12.2. The minimum Gasteiger partial charge on any atom is -0.497 e. The van der Waals surface area contributed by atoms with Crippen molar-refractivity contribution in [2.24, 2.45) is 5.73 Å². The third-order valence-electron chi connectivity index (χ3n) is 5.13. The molecule has 26 heavy (non-hydrogen) atoms. The van der Waals surface area contributed by atoms with Gasteiger partial charge in [-0.15, -0.1) is 12.4 Å². The number of carbonyl (C=O) groups is 1. The van der Waals surface area contributed by atoms with Crippen molar-refractivity contribution < 1.29 is 14.3 Å². The van der Waals surface area contributed by atoms with Gasteiger partial charge in [0.2, 0.25) is 5.91 Å². The third kappa shape index (κ3) is 6.78. The summed E-state index contributed by atoms with van der Waals surface area (Å²) in [5, 5.41) is 3.16. The minimum atomic E-state index is -0.0419. The van der Waals surface area contributed by atoms with Gasteiger partial charge < -0.3 is 20.5 Å². The van der Waals surface area contributed by atoms with Crippen LogP contribution in [0.3, 0.4) is 0 Å². The van der Waals surface area contributed by atoms with Crippen molar-refractivity contribution in [2.75, 3.05) is 33.4 Å². The minimum absolute atomic E-state index is 0. The number of rotatable bonds is 10. The molecule has 1 amide bonds. The Hall–Kier alpha value is -1.30. The lowest BCUT2D eigenvalue weighted by atomic mass is 9.74. The van der Waals surface area contributed by atoms with Crippen LogP contribution < -0.4 is 15.8 Å². The first-order valence-corrected chi connectivity index (χ1v) is 9.39. The van der Waals surface area contributed by atoms with E-state index in [4.69, 9.17) is 15.2 Å². The van der Waals surface area contributed by atoms with Gasteiger partial charge in [0, 0.05) is 31.6 Å². The molecule has 1 aliphatic rings. The number of nitrogens with two attached hydrogens (primary N) is 1. The number of hydrogen-bond acceptors (Lipinski definition) is 4. The van der Waals surface area contributed by atoms with Crippen molar-refractivity contribution in [1.29, 1.82) is 0 Å². The average Bonchev–Trinajstić information content (AvgIpc) is 2.67. The zero-order valence-corrected chi connectivity index (χ0v) is 16.6. The van der Waals surface area contributed by atoms with Crippen molar-refractivity contribution in [1.82, 2.24) is 5.32 Å². The van der Waals surface area contributed by atoms with E-state index in [1.54, 1.807) is 7.11 Å². The van der Waals surface area contributed by atoms with Gasteiger partial charge in [0.25, 0.3) is 0 Å². The van der Waals surface area contributed by atoms with E-state index >= 15 is 0 Å². The Labute approximate surface area is 163 Å². The SMILES string of the molecule is COc1ccc(C2(CNC(=O)CCCCCCN)CCOCC2)cc1.Cl. The number of benzene rings is 1. The van der Waals surface area contributed by atoms with Gasteiger partial charge in [-0.3, -0.25) is 4.79 Å². The van der Waals surface area contributed by atoms with Gasteiger partial charge in [0.05, 0.1) is 7.11 Å². The first kappa shape index (κ1) is 22.7. The molecule has 1 saturated heterocycles. The molecule has 3 N–H and O–H groups in total. The van der Waals surface area contributed by atoms with Gasteiger partial charge >= 0.3 is 0 Å². The fourth-order valence-corrected chi connectivity index (χ4v) is 3.41. The number of carbonyl (C=O) groups excluding carboxylic acids is 1. The molecule has 0 atom stereocenters. The van der Waals surface area contributed by atoms with E-state index in [2.05, 4.69) is 17.4 Å². The molecule has 0 aromatic heterocycles. The highest BCUT2D eigenvalue weighted by Gasteiger charge is 2.34. The summed E-state index contributed by atoms with van der Waals surface area (Å²) in [7, 11) is 1.67. The fraction of sp³-hybridized carbons (Fsp3) is 0.650. The van der Waals surface area contributed by atoms with Gasteiger partial charge in [0.15, 0.2) is 0 Å². The summed E-state index contributed by atoms with van der Waals surface area (Å²) in [5.74, 6) is 1.000. The van der Waals surface area contributed by atoms with Crippen molar-refractivity contribution in [3.63, 3.8) is 0 Å². The van der Waals surface area contributed by atoms with Crippen LogP contribution in [0.5, 0.6) is 5.75 Å². The van der Waals surface area contributed by atoms with E-state index < -0.39 is 0 Å². The van der Waals surface area contributed by atoms with E-state index in [0.29, 0.717) is 13.0 Å². The predicted molar refractivity (Wildman–Crippen MR) is 107 cm³/mol. The average molecular weight is 385 g/mol. The van der Waals surface area contributed by atoms with Crippen molar-refractivity contribution in [3.8, 4) is 5.75 Å². The van der Waals surface area contributed by atoms with Gasteiger partial charge in [-0.1, -0.05) is 25.0 Å². The van der Waals surface area contributed by atoms with Crippen LogP contribution in [0.25, 0.3) is 0 Å². The maximum absolute atomic E-state index is 12.2. The van der Waals surface area contributed by atoms with Crippen LogP contribution >= 0.6 is 12.4 Å². The molecule has 1 fully saturated rings. The van der Waals surface area contributed by atoms with Crippen LogP contribution in [0.15, 0.2) is 24.3 Å². The van der Waals surface area contributed by atoms with E-state index in [1.807, 2.05) is 12.1 Å². The number of methoxy groups -OCH3 is 1. The molecule has 1 aromatic carbocycles. The zero-order chi connectivity index (χ0) is 18.0. The molecule has 148 valence electrons. The van der Waals surface area contributed by atoms with Crippen LogP contribution in [-0.2, 0) is 14.9 Å². The lowest BCUT2D eigenvalue weighted by Gasteiger charge is -2.38. The third-order valence-corrected chi connectivity index (χ3v) is 5.13. The number of amides is 1. The first-order chi connectivity index (χ1) is 12.2. The standard InChI is InChI=1S/C20H32N2O3.ClH/c1-24-18-9-7-17(8-10-18)20(11-14-25-15-12-20)16-22-19(23)6-4-2-3-5-13-21;/h7-10H,2-6,11-16,21H2,1H3,(H,22,23);1H. The fourth-order valence-electron chi connectivity index (χ4n) is 3.41. The molecule has 1 heterocycles. The lowest BCUT2D eigenvalue weighted by Crippen LogP contribution is -2.44. The Morgan fingerprint density at radius 1 is 1.15 bits per heavy atom. The second kappa shape index (κ2) is 12.2. The second-order valence-corrected chi connectivity index (χ2v) is 6.85. The Kier molecular flexibility index (Phi) is 10.6. The molecule has 0 aliphatic carbocycles. The van der Waals surface area contributed by atoms with Crippen LogP contribution in [-0.4, -0.2) is 39.3 Å². The normalized spacial score (nSPS) is 15.8. The molecule has 0 radical (unpaired) electrons. The van der Waals surface area contributed by atoms with Crippen molar-refractivity contribution >= 4 is 18.3 Å². The Bertz CT molecular complexity index is 516. The highest BCUT2D eigenvalue weighted by atomic mass is 35.5. The number of halogens is 1. The van der Waals surface area contributed by atoms with Gasteiger partial charge in [-0.25, -0.2) is 0 Å². The van der Waals surface area contributed by atoms with Gasteiger partial charge in [-0.05, 0) is 49.9 Å². The van der Waals surface area contributed by atoms with E-state index in [1.165, 1.54) is 5.56 Å². The van der Waals surface area contributed by atoms with Crippen LogP contribution in [0.4, 0.5) is 0 Å². The maximum Gasteiger partial charge on any atom is 0.220 e. The van der Waals surface area contributed by atoms with E-state index in [-0.39, 0.29) is 23.7 Å². The zero-order valence-electron chi connectivity index (χ0n) is 15.8. The molecule has 5 nitrogen and oxygen atoms in total. The highest BCUT2D eigenvalue weighted by molar-refractivity contribution is 5.85. The summed E-state index contributed by atoms with van der Waals surface area (Å²) < 4.78 is 10.8. The molecule has 0 saturated carbocycles. The first-order valence-electron chi connectivity index (χ1n) is 9.39. The van der Waals surface area contributed by atoms with Crippen molar-refractivity contribution in [3.05, 3.63) is 29.8 Å². The predicted octanol–water partition coefficient (Wildman–Crippen LogP) is 3.19. The van der Waals surface area contributed by atoms with Crippen molar-refractivity contribution in [2.45, 2.75) is 50.4 Å². The molecule has 2 rings (SSSR count). The molecule has 6 heteroatoms. The summed E-state index contributed by atoms with van der Waals surface area (Å²) in [6, 6.07) is 8.21. The lowest BCUT2D eigenvalue weighted by molar-refractivity contribution is -0.121. The topological polar surface area (TPSA) is 73.6 Å². The summed E-state index contributed by atoms with van der Waals surface area (Å²) >= 11 is 0. The molecular weight excluding hydrogens is 352 g/mol. The van der Waals surface area contributed by atoms with Crippen LogP contribution in [0.1, 0.15) is 50.5 Å². The molecule has 0 unspecified atom stereocenters. The number of hydrogen-bond donors (Lipinski definition) is 2. The second-order valence-electron chi connectivity index (χ2n) is 6.85. The Balaban J connectivity index is 0.00000338. The molecule has 1 aliphatic heterocycles. The monoisotopic (exact) mass is 384 g/mol. The van der Waals surface area contributed by atoms with Crippen LogP contribution in [0.2, 0.25) is 0 Å². The summed E-state index contributed by atoms with van der Waals surface area (Å²) in [5.41, 5.74) is 6.70. The molecule has 0 spiro atoms.